The van der Waals surface area contributed by atoms with Crippen LogP contribution < -0.4 is 33.9 Å². The average molecular weight is 511 g/mol. The Morgan fingerprint density at radius 1 is 1.12 bits per heavy atom. The smallest absolute Gasteiger partial charge is 0.168 e. The third-order valence-electron chi connectivity index (χ3n) is 3.20. The number of nitrogens with zero attached hydrogens (tertiary/aromatic N) is 4. The van der Waals surface area contributed by atoms with Gasteiger partial charge in [-0.3, -0.25) is 9.91 Å². The molecular formula is C16H15Cl3IN5. The number of halogens is 4. The van der Waals surface area contributed by atoms with Gasteiger partial charge in [-0.2, -0.15) is 10.4 Å². The number of rotatable bonds is 4. The van der Waals surface area contributed by atoms with Crippen LogP contribution in [-0.4, -0.2) is 32.3 Å². The summed E-state index contributed by atoms with van der Waals surface area (Å²) in [5.41, 5.74) is 4.80. The molecule has 0 aliphatic heterocycles. The van der Waals surface area contributed by atoms with Crippen molar-refractivity contribution in [2.75, 3.05) is 26.6 Å². The van der Waals surface area contributed by atoms with Gasteiger partial charge < -0.3 is 24.0 Å². The van der Waals surface area contributed by atoms with E-state index in [1.807, 2.05) is 30.3 Å². The van der Waals surface area contributed by atoms with Crippen molar-refractivity contribution in [3.63, 3.8) is 0 Å². The SMILES string of the molecule is C[N+](C)(C)c1ccc(C=NNc2nc(Cl)c(C#N)c(Cl)c2Cl)cc1.[I-]. The second-order valence-electron chi connectivity index (χ2n) is 5.84. The molecule has 132 valence electrons. The van der Waals surface area contributed by atoms with E-state index in [-0.39, 0.29) is 50.6 Å². The molecule has 25 heavy (non-hydrogen) atoms. The molecule has 2 rings (SSSR count). The van der Waals surface area contributed by atoms with Crippen molar-refractivity contribution in [1.29, 1.82) is 5.26 Å². The molecule has 1 aromatic carbocycles. The summed E-state index contributed by atoms with van der Waals surface area (Å²) in [6, 6.07) is 9.82. The summed E-state index contributed by atoms with van der Waals surface area (Å²) in [5, 5.41) is 13.1. The standard InChI is InChI=1S/C16H15Cl3N5.HI/c1-24(2,3)11-6-4-10(5-7-11)9-21-23-16-14(18)13(17)12(8-20)15(19)22-16;/h4-7,9H,1-3H3,(H,22,23);1H/q+1;/p-1. The van der Waals surface area contributed by atoms with Crippen LogP contribution >= 0.6 is 34.8 Å². The number of hydrogen-bond donors (Lipinski definition) is 1. The zero-order valence-electron chi connectivity index (χ0n) is 13.7. The van der Waals surface area contributed by atoms with Crippen molar-refractivity contribution in [3.8, 4) is 6.07 Å². The van der Waals surface area contributed by atoms with Gasteiger partial charge in [-0.1, -0.05) is 34.8 Å². The zero-order valence-corrected chi connectivity index (χ0v) is 18.1. The molecule has 0 aliphatic rings. The van der Waals surface area contributed by atoms with Crippen molar-refractivity contribution >= 4 is 52.5 Å². The molecule has 0 radical (unpaired) electrons. The molecule has 1 heterocycles. The van der Waals surface area contributed by atoms with E-state index in [1.54, 1.807) is 6.21 Å². The summed E-state index contributed by atoms with van der Waals surface area (Å²) in [5.74, 6) is 0.185. The maximum absolute atomic E-state index is 8.95. The molecule has 1 N–H and O–H groups in total. The first-order valence-corrected chi connectivity index (χ1v) is 8.03. The Bertz CT molecular complexity index is 824. The molecule has 0 bridgehead atoms. The van der Waals surface area contributed by atoms with E-state index in [2.05, 4.69) is 36.7 Å². The van der Waals surface area contributed by atoms with E-state index in [1.165, 1.54) is 5.69 Å². The highest BCUT2D eigenvalue weighted by Gasteiger charge is 2.16. The Balaban J connectivity index is 0.00000312. The van der Waals surface area contributed by atoms with E-state index in [4.69, 9.17) is 40.1 Å². The van der Waals surface area contributed by atoms with Gasteiger partial charge in [-0.05, 0) is 29.8 Å². The van der Waals surface area contributed by atoms with Crippen molar-refractivity contribution in [2.24, 2.45) is 5.10 Å². The summed E-state index contributed by atoms with van der Waals surface area (Å²) in [6.07, 6.45) is 1.62. The minimum atomic E-state index is -0.0306. The number of pyridine rings is 1. The van der Waals surface area contributed by atoms with Crippen LogP contribution in [0.25, 0.3) is 0 Å². The molecule has 2 aromatic rings. The molecule has 9 heteroatoms. The Labute approximate surface area is 178 Å². The van der Waals surface area contributed by atoms with Crippen molar-refractivity contribution in [2.45, 2.75) is 0 Å². The molecule has 5 nitrogen and oxygen atoms in total. The first kappa shape index (κ1) is 21.9. The number of anilines is 1. The third kappa shape index (κ3) is 5.43. The summed E-state index contributed by atoms with van der Waals surface area (Å²) in [6.45, 7) is 0. The highest BCUT2D eigenvalue weighted by atomic mass is 127. The van der Waals surface area contributed by atoms with E-state index in [0.29, 0.717) is 0 Å². The highest BCUT2D eigenvalue weighted by Crippen LogP contribution is 2.34. The first-order chi connectivity index (χ1) is 11.2. The highest BCUT2D eigenvalue weighted by molar-refractivity contribution is 6.45. The topological polar surface area (TPSA) is 61.1 Å². The van der Waals surface area contributed by atoms with Gasteiger partial charge in [0.15, 0.2) is 11.0 Å². The molecule has 0 saturated heterocycles. The van der Waals surface area contributed by atoms with Crippen molar-refractivity contribution in [3.05, 3.63) is 50.6 Å². The fraction of sp³-hybridized carbons (Fsp3) is 0.188. The molecular weight excluding hydrogens is 495 g/mol. The number of aromatic nitrogens is 1. The lowest BCUT2D eigenvalue weighted by molar-refractivity contribution is -0.00000513. The minimum Gasteiger partial charge on any atom is -1.00 e. The molecule has 0 saturated carbocycles. The molecule has 0 amide bonds. The molecule has 1 aromatic heterocycles. The Hall–Kier alpha value is -1.11. The van der Waals surface area contributed by atoms with Gasteiger partial charge >= 0.3 is 0 Å². The molecule has 0 fully saturated rings. The lowest BCUT2D eigenvalue weighted by Crippen LogP contribution is -3.00. The number of quaternary nitrogens is 1. The van der Waals surface area contributed by atoms with E-state index in [9.17, 15) is 0 Å². The Morgan fingerprint density at radius 2 is 1.72 bits per heavy atom. The fourth-order valence-electron chi connectivity index (χ4n) is 1.85. The second-order valence-corrected chi connectivity index (χ2v) is 6.95. The molecule has 0 atom stereocenters. The van der Waals surface area contributed by atoms with Crippen LogP contribution in [0.2, 0.25) is 15.2 Å². The largest absolute Gasteiger partial charge is 1.00 e. The van der Waals surface area contributed by atoms with Crippen molar-refractivity contribution < 1.29 is 24.0 Å². The Morgan fingerprint density at radius 3 is 2.24 bits per heavy atom. The minimum absolute atomic E-state index is 0. The maximum Gasteiger partial charge on any atom is 0.168 e. The average Bonchev–Trinajstić information content (AvgIpc) is 2.52. The van der Waals surface area contributed by atoms with Crippen LogP contribution in [0.4, 0.5) is 11.5 Å². The number of hydrazone groups is 1. The van der Waals surface area contributed by atoms with E-state index in [0.717, 1.165) is 10.0 Å². The summed E-state index contributed by atoms with van der Waals surface area (Å²) in [4.78, 5) is 3.98. The lowest BCUT2D eigenvalue weighted by Gasteiger charge is -2.23. The van der Waals surface area contributed by atoms with Crippen LogP contribution in [0.15, 0.2) is 29.4 Å². The summed E-state index contributed by atoms with van der Waals surface area (Å²) in [7, 11) is 6.28. The van der Waals surface area contributed by atoms with Gasteiger partial charge in [0.05, 0.1) is 32.4 Å². The first-order valence-electron chi connectivity index (χ1n) is 6.89. The zero-order chi connectivity index (χ0) is 17.9. The van der Waals surface area contributed by atoms with Crippen LogP contribution in [0.1, 0.15) is 11.1 Å². The molecule has 0 aliphatic carbocycles. The van der Waals surface area contributed by atoms with Crippen LogP contribution in [0.3, 0.4) is 0 Å². The second kappa shape index (κ2) is 9.01. The normalized spacial score (nSPS) is 11.1. The summed E-state index contributed by atoms with van der Waals surface area (Å²) < 4.78 is 0.734. The number of hydrogen-bond acceptors (Lipinski definition) is 4. The number of nitriles is 1. The fourth-order valence-corrected chi connectivity index (χ4v) is 2.52. The van der Waals surface area contributed by atoms with E-state index >= 15 is 0 Å². The van der Waals surface area contributed by atoms with Crippen LogP contribution in [-0.2, 0) is 0 Å². The summed E-state index contributed by atoms with van der Waals surface area (Å²) >= 11 is 17.9. The Kier molecular flexibility index (Phi) is 7.90. The predicted octanol–water partition coefficient (Wildman–Crippen LogP) is 1.56. The van der Waals surface area contributed by atoms with Gasteiger partial charge in [0.1, 0.15) is 22.3 Å². The number of benzene rings is 1. The molecule has 0 spiro atoms. The predicted molar refractivity (Wildman–Crippen MR) is 101 cm³/mol. The van der Waals surface area contributed by atoms with E-state index < -0.39 is 0 Å². The van der Waals surface area contributed by atoms with Gasteiger partial charge in [0.2, 0.25) is 0 Å². The van der Waals surface area contributed by atoms with Crippen LogP contribution in [0.5, 0.6) is 0 Å². The third-order valence-corrected chi connectivity index (χ3v) is 4.32. The van der Waals surface area contributed by atoms with Gasteiger partial charge in [0, 0.05) is 0 Å². The van der Waals surface area contributed by atoms with Crippen molar-refractivity contribution in [1.82, 2.24) is 9.47 Å². The van der Waals surface area contributed by atoms with Gasteiger partial charge in [-0.25, -0.2) is 4.98 Å². The quantitative estimate of drug-likeness (QED) is 0.223. The maximum atomic E-state index is 8.95. The van der Waals surface area contributed by atoms with Crippen LogP contribution in [0, 0.1) is 11.3 Å². The lowest BCUT2D eigenvalue weighted by atomic mass is 10.2. The van der Waals surface area contributed by atoms with Gasteiger partial charge in [-0.15, -0.1) is 0 Å². The van der Waals surface area contributed by atoms with Gasteiger partial charge in [0.25, 0.3) is 0 Å². The monoisotopic (exact) mass is 509 g/mol. The molecule has 0 unspecified atom stereocenters. The number of nitrogens with one attached hydrogen (secondary N) is 1.